The molecule has 0 amide bonds. The first-order valence-electron chi connectivity index (χ1n) is 6.25. The second-order valence-electron chi connectivity index (χ2n) is 4.67. The molecule has 0 heterocycles. The van der Waals surface area contributed by atoms with Crippen LogP contribution in [0.25, 0.3) is 0 Å². The zero-order valence-electron chi connectivity index (χ0n) is 11.3. The van der Waals surface area contributed by atoms with E-state index in [-0.39, 0.29) is 16.8 Å². The van der Waals surface area contributed by atoms with E-state index in [0.717, 1.165) is 5.56 Å². The van der Waals surface area contributed by atoms with Crippen LogP contribution in [0.2, 0.25) is 5.02 Å². The van der Waals surface area contributed by atoms with E-state index < -0.39 is 4.92 Å². The largest absolute Gasteiger partial charge is 0.373 e. The fourth-order valence-electron chi connectivity index (χ4n) is 1.99. The Balaban J connectivity index is 2.28. The van der Waals surface area contributed by atoms with Crippen molar-refractivity contribution >= 4 is 23.0 Å². The quantitative estimate of drug-likeness (QED) is 0.654. The van der Waals surface area contributed by atoms with Crippen LogP contribution in [0, 0.1) is 17.0 Å². The number of para-hydroxylation sites is 1. The summed E-state index contributed by atoms with van der Waals surface area (Å²) in [6, 6.07) is 12.9. The van der Waals surface area contributed by atoms with Gasteiger partial charge in [0, 0.05) is 6.04 Å². The van der Waals surface area contributed by atoms with Gasteiger partial charge in [0.2, 0.25) is 0 Å². The third-order valence-electron chi connectivity index (χ3n) is 3.12. The molecule has 0 spiro atoms. The molecule has 104 valence electrons. The number of rotatable bonds is 4. The number of nitrogens with zero attached hydrogens (tertiary/aromatic N) is 1. The fraction of sp³-hybridized carbons (Fsp3) is 0.200. The van der Waals surface area contributed by atoms with E-state index in [0.29, 0.717) is 5.69 Å². The Morgan fingerprint density at radius 1 is 1.20 bits per heavy atom. The normalized spacial score (nSPS) is 11.9. The fourth-order valence-corrected chi connectivity index (χ4v) is 2.23. The Labute approximate surface area is 122 Å². The van der Waals surface area contributed by atoms with Crippen molar-refractivity contribution in [3.8, 4) is 0 Å². The topological polar surface area (TPSA) is 55.2 Å². The molecule has 5 heteroatoms. The lowest BCUT2D eigenvalue weighted by molar-refractivity contribution is -0.383. The lowest BCUT2D eigenvalue weighted by Gasteiger charge is -2.16. The Kier molecular flexibility index (Phi) is 4.25. The molecular weight excluding hydrogens is 276 g/mol. The van der Waals surface area contributed by atoms with Gasteiger partial charge < -0.3 is 5.32 Å². The summed E-state index contributed by atoms with van der Waals surface area (Å²) in [6.07, 6.45) is 0. The molecule has 0 aliphatic heterocycles. The summed E-state index contributed by atoms with van der Waals surface area (Å²) in [5.74, 6) is 0. The first-order chi connectivity index (χ1) is 9.49. The van der Waals surface area contributed by atoms with Crippen molar-refractivity contribution < 1.29 is 4.92 Å². The van der Waals surface area contributed by atoms with Crippen LogP contribution >= 0.6 is 11.6 Å². The van der Waals surface area contributed by atoms with E-state index in [1.807, 2.05) is 38.1 Å². The molecule has 0 aliphatic rings. The molecule has 2 rings (SSSR count). The first-order valence-corrected chi connectivity index (χ1v) is 6.63. The molecule has 0 saturated carbocycles. The SMILES string of the molecule is Cc1ccc(C(C)Nc2cccc(Cl)c2[N+](=O)[O-])cc1. The Morgan fingerprint density at radius 2 is 1.85 bits per heavy atom. The van der Waals surface area contributed by atoms with Crippen molar-refractivity contribution in [3.05, 3.63) is 68.7 Å². The van der Waals surface area contributed by atoms with Gasteiger partial charge in [0.15, 0.2) is 0 Å². The van der Waals surface area contributed by atoms with Crippen LogP contribution in [0.5, 0.6) is 0 Å². The number of nitrogens with one attached hydrogen (secondary N) is 1. The summed E-state index contributed by atoms with van der Waals surface area (Å²) >= 11 is 5.89. The highest BCUT2D eigenvalue weighted by Gasteiger charge is 2.19. The standard InChI is InChI=1S/C15H15ClN2O2/c1-10-6-8-12(9-7-10)11(2)17-14-5-3-4-13(16)15(14)18(19)20/h3-9,11,17H,1-2H3. The summed E-state index contributed by atoms with van der Waals surface area (Å²) in [5.41, 5.74) is 2.57. The lowest BCUT2D eigenvalue weighted by atomic mass is 10.1. The van der Waals surface area contributed by atoms with Crippen LogP contribution in [0.4, 0.5) is 11.4 Å². The Hall–Kier alpha value is -2.07. The highest BCUT2D eigenvalue weighted by Crippen LogP contribution is 2.34. The number of anilines is 1. The van der Waals surface area contributed by atoms with Gasteiger partial charge in [-0.1, -0.05) is 47.5 Å². The summed E-state index contributed by atoms with van der Waals surface area (Å²) < 4.78 is 0. The van der Waals surface area contributed by atoms with Crippen molar-refractivity contribution in [3.63, 3.8) is 0 Å². The molecule has 0 bridgehead atoms. The molecule has 2 aromatic rings. The van der Waals surface area contributed by atoms with Gasteiger partial charge in [0.05, 0.1) is 4.92 Å². The van der Waals surface area contributed by atoms with Gasteiger partial charge in [0.1, 0.15) is 10.7 Å². The van der Waals surface area contributed by atoms with E-state index in [2.05, 4.69) is 5.32 Å². The number of nitro groups is 1. The van der Waals surface area contributed by atoms with Crippen molar-refractivity contribution in [1.82, 2.24) is 0 Å². The van der Waals surface area contributed by atoms with Crippen LogP contribution in [0.3, 0.4) is 0 Å². The molecule has 0 aliphatic carbocycles. The second kappa shape index (κ2) is 5.92. The lowest BCUT2D eigenvalue weighted by Crippen LogP contribution is -2.08. The summed E-state index contributed by atoms with van der Waals surface area (Å²) in [4.78, 5) is 10.6. The van der Waals surface area contributed by atoms with Crippen molar-refractivity contribution in [2.24, 2.45) is 0 Å². The predicted molar refractivity (Wildman–Crippen MR) is 81.3 cm³/mol. The van der Waals surface area contributed by atoms with Crippen molar-refractivity contribution in [2.45, 2.75) is 19.9 Å². The smallest absolute Gasteiger partial charge is 0.310 e. The van der Waals surface area contributed by atoms with E-state index in [1.165, 1.54) is 11.6 Å². The molecule has 0 fully saturated rings. The number of benzene rings is 2. The molecule has 0 aromatic heterocycles. The monoisotopic (exact) mass is 290 g/mol. The van der Waals surface area contributed by atoms with Gasteiger partial charge in [-0.2, -0.15) is 0 Å². The van der Waals surface area contributed by atoms with E-state index >= 15 is 0 Å². The third kappa shape index (κ3) is 3.08. The summed E-state index contributed by atoms with van der Waals surface area (Å²) in [6.45, 7) is 3.97. The molecular formula is C15H15ClN2O2. The van der Waals surface area contributed by atoms with Gasteiger partial charge in [-0.15, -0.1) is 0 Å². The van der Waals surface area contributed by atoms with Crippen molar-refractivity contribution in [1.29, 1.82) is 0 Å². The van der Waals surface area contributed by atoms with Gasteiger partial charge in [-0.3, -0.25) is 10.1 Å². The van der Waals surface area contributed by atoms with E-state index in [1.54, 1.807) is 12.1 Å². The zero-order chi connectivity index (χ0) is 14.7. The third-order valence-corrected chi connectivity index (χ3v) is 3.42. The molecule has 20 heavy (non-hydrogen) atoms. The minimum Gasteiger partial charge on any atom is -0.373 e. The molecule has 1 atom stereocenters. The highest BCUT2D eigenvalue weighted by molar-refractivity contribution is 6.33. The number of hydrogen-bond acceptors (Lipinski definition) is 3. The molecule has 2 aromatic carbocycles. The molecule has 0 saturated heterocycles. The first kappa shape index (κ1) is 14.3. The van der Waals surface area contributed by atoms with Crippen LogP contribution in [-0.2, 0) is 0 Å². The van der Waals surface area contributed by atoms with Gasteiger partial charge in [-0.25, -0.2) is 0 Å². The maximum atomic E-state index is 11.1. The minimum absolute atomic E-state index is 0.0484. The molecule has 0 radical (unpaired) electrons. The Morgan fingerprint density at radius 3 is 2.45 bits per heavy atom. The van der Waals surface area contributed by atoms with Crippen molar-refractivity contribution in [2.75, 3.05) is 5.32 Å². The van der Waals surface area contributed by atoms with Crippen LogP contribution in [0.15, 0.2) is 42.5 Å². The number of hydrogen-bond donors (Lipinski definition) is 1. The summed E-state index contributed by atoms with van der Waals surface area (Å²) in [7, 11) is 0. The highest BCUT2D eigenvalue weighted by atomic mass is 35.5. The Bertz CT molecular complexity index is 626. The molecule has 1 unspecified atom stereocenters. The predicted octanol–water partition coefficient (Wildman–Crippen LogP) is 4.73. The van der Waals surface area contributed by atoms with Gasteiger partial charge in [-0.05, 0) is 31.5 Å². The number of halogens is 1. The van der Waals surface area contributed by atoms with Gasteiger partial charge in [0.25, 0.3) is 0 Å². The maximum absolute atomic E-state index is 11.1. The van der Waals surface area contributed by atoms with Crippen LogP contribution in [0.1, 0.15) is 24.1 Å². The number of aryl methyl sites for hydroxylation is 1. The average Bonchev–Trinajstić information content (AvgIpc) is 2.39. The summed E-state index contributed by atoms with van der Waals surface area (Å²) in [5, 5.41) is 14.4. The second-order valence-corrected chi connectivity index (χ2v) is 5.08. The molecule has 1 N–H and O–H groups in total. The van der Waals surface area contributed by atoms with Gasteiger partial charge >= 0.3 is 5.69 Å². The van der Waals surface area contributed by atoms with Crippen LogP contribution < -0.4 is 5.32 Å². The van der Waals surface area contributed by atoms with E-state index in [9.17, 15) is 10.1 Å². The maximum Gasteiger partial charge on any atom is 0.310 e. The average molecular weight is 291 g/mol. The van der Waals surface area contributed by atoms with Crippen LogP contribution in [-0.4, -0.2) is 4.92 Å². The number of nitro benzene ring substituents is 1. The minimum atomic E-state index is -0.466. The zero-order valence-corrected chi connectivity index (χ0v) is 12.0. The molecule has 4 nitrogen and oxygen atoms in total. The van der Waals surface area contributed by atoms with E-state index in [4.69, 9.17) is 11.6 Å².